The molecule has 0 bridgehead atoms. The molecule has 2 rings (SSSR count). The molecule has 0 spiro atoms. The molecule has 1 aliphatic rings. The highest BCUT2D eigenvalue weighted by molar-refractivity contribution is 5.94. The largest absolute Gasteiger partial charge is 0.367 e. The van der Waals surface area contributed by atoms with Crippen LogP contribution in [0, 0.1) is 23.1 Å². The molecule has 1 aromatic carbocycles. The van der Waals surface area contributed by atoms with Gasteiger partial charge in [-0.25, -0.2) is 4.39 Å². The molecule has 0 saturated carbocycles. The van der Waals surface area contributed by atoms with Crippen LogP contribution in [0.3, 0.4) is 0 Å². The van der Waals surface area contributed by atoms with E-state index in [1.807, 2.05) is 4.90 Å². The van der Waals surface area contributed by atoms with Crippen LogP contribution in [0.1, 0.15) is 44.0 Å². The number of anilines is 1. The number of amides is 1. The number of halogens is 1. The van der Waals surface area contributed by atoms with E-state index in [2.05, 4.69) is 31.7 Å². The Kier molecular flexibility index (Phi) is 8.05. The van der Waals surface area contributed by atoms with Gasteiger partial charge < -0.3 is 14.7 Å². The number of nitriles is 1. The van der Waals surface area contributed by atoms with Crippen molar-refractivity contribution < 1.29 is 9.18 Å². The van der Waals surface area contributed by atoms with Crippen molar-refractivity contribution in [3.8, 4) is 6.07 Å². The monoisotopic (exact) mass is 374 g/mol. The Bertz CT molecular complexity index is 663. The van der Waals surface area contributed by atoms with Gasteiger partial charge >= 0.3 is 0 Å². The molecule has 1 saturated heterocycles. The normalized spacial score (nSPS) is 15.0. The molecule has 5 nitrogen and oxygen atoms in total. The van der Waals surface area contributed by atoms with Crippen molar-refractivity contribution in [2.24, 2.45) is 5.92 Å². The SMILES string of the molecule is CCN1CCN(c2ccc(C(=O)N(CCC#N)CCC(C)C)cc2F)CC1. The summed E-state index contributed by atoms with van der Waals surface area (Å²) in [7, 11) is 0. The molecular formula is C21H31FN4O. The lowest BCUT2D eigenvalue weighted by Crippen LogP contribution is -2.46. The second kappa shape index (κ2) is 10.3. The fourth-order valence-corrected chi connectivity index (χ4v) is 3.30. The second-order valence-electron chi connectivity index (χ2n) is 7.47. The Morgan fingerprint density at radius 1 is 1.26 bits per heavy atom. The summed E-state index contributed by atoms with van der Waals surface area (Å²) in [6.45, 7) is 11.7. The summed E-state index contributed by atoms with van der Waals surface area (Å²) in [5.41, 5.74) is 0.915. The number of piperazine rings is 1. The first-order chi connectivity index (χ1) is 13.0. The Morgan fingerprint density at radius 3 is 2.52 bits per heavy atom. The summed E-state index contributed by atoms with van der Waals surface area (Å²) in [6, 6.07) is 6.86. The van der Waals surface area contributed by atoms with Crippen molar-refractivity contribution in [2.75, 3.05) is 50.7 Å². The number of carbonyl (C=O) groups is 1. The van der Waals surface area contributed by atoms with Crippen LogP contribution in [0.5, 0.6) is 0 Å². The Balaban J connectivity index is 2.09. The minimum atomic E-state index is -0.352. The first-order valence-corrected chi connectivity index (χ1v) is 9.89. The van der Waals surface area contributed by atoms with Gasteiger partial charge in [0.05, 0.1) is 18.2 Å². The maximum Gasteiger partial charge on any atom is 0.253 e. The Labute approximate surface area is 162 Å². The summed E-state index contributed by atoms with van der Waals surface area (Å²) in [6.07, 6.45) is 1.14. The Hall–Kier alpha value is -2.13. The van der Waals surface area contributed by atoms with E-state index >= 15 is 0 Å². The highest BCUT2D eigenvalue weighted by Gasteiger charge is 2.21. The first kappa shape index (κ1) is 21.2. The summed E-state index contributed by atoms with van der Waals surface area (Å²) >= 11 is 0. The van der Waals surface area contributed by atoms with Gasteiger partial charge in [-0.2, -0.15) is 5.26 Å². The van der Waals surface area contributed by atoms with E-state index < -0.39 is 0 Å². The molecule has 0 atom stereocenters. The fourth-order valence-electron chi connectivity index (χ4n) is 3.30. The summed E-state index contributed by atoms with van der Waals surface area (Å²) in [5.74, 6) is -0.0923. The van der Waals surface area contributed by atoms with Crippen LogP contribution in [-0.2, 0) is 0 Å². The number of nitrogens with zero attached hydrogens (tertiary/aromatic N) is 4. The highest BCUT2D eigenvalue weighted by Crippen LogP contribution is 2.23. The zero-order chi connectivity index (χ0) is 19.8. The van der Waals surface area contributed by atoms with Crippen molar-refractivity contribution in [1.82, 2.24) is 9.80 Å². The predicted molar refractivity (Wildman–Crippen MR) is 106 cm³/mol. The van der Waals surface area contributed by atoms with Crippen LogP contribution in [0.2, 0.25) is 0 Å². The highest BCUT2D eigenvalue weighted by atomic mass is 19.1. The minimum absolute atomic E-state index is 0.202. The lowest BCUT2D eigenvalue weighted by molar-refractivity contribution is 0.0751. The molecule has 148 valence electrons. The second-order valence-corrected chi connectivity index (χ2v) is 7.47. The van der Waals surface area contributed by atoms with Gasteiger partial charge in [0.25, 0.3) is 5.91 Å². The molecule has 1 aromatic rings. The molecule has 1 amide bonds. The topological polar surface area (TPSA) is 50.6 Å². The van der Waals surface area contributed by atoms with Crippen LogP contribution in [0.15, 0.2) is 18.2 Å². The predicted octanol–water partition coefficient (Wildman–Crippen LogP) is 3.37. The van der Waals surface area contributed by atoms with Crippen molar-refractivity contribution >= 4 is 11.6 Å². The van der Waals surface area contributed by atoms with Crippen LogP contribution in [0.25, 0.3) is 0 Å². The zero-order valence-corrected chi connectivity index (χ0v) is 16.7. The maximum atomic E-state index is 14.7. The smallest absolute Gasteiger partial charge is 0.253 e. The molecule has 6 heteroatoms. The van der Waals surface area contributed by atoms with E-state index in [1.54, 1.807) is 17.0 Å². The molecule has 27 heavy (non-hydrogen) atoms. The van der Waals surface area contributed by atoms with Gasteiger partial charge in [-0.05, 0) is 37.1 Å². The molecule has 0 unspecified atom stereocenters. The van der Waals surface area contributed by atoms with Crippen molar-refractivity contribution in [3.63, 3.8) is 0 Å². The molecule has 0 radical (unpaired) electrons. The lowest BCUT2D eigenvalue weighted by atomic mass is 10.1. The third-order valence-corrected chi connectivity index (χ3v) is 5.11. The maximum absolute atomic E-state index is 14.7. The van der Waals surface area contributed by atoms with E-state index in [4.69, 9.17) is 5.26 Å². The number of carbonyl (C=O) groups excluding carboxylic acids is 1. The molecule has 1 heterocycles. The van der Waals surface area contributed by atoms with E-state index in [0.29, 0.717) is 30.3 Å². The number of hydrogen-bond donors (Lipinski definition) is 0. The molecule has 1 aliphatic heterocycles. The van der Waals surface area contributed by atoms with Gasteiger partial charge in [0, 0.05) is 44.8 Å². The van der Waals surface area contributed by atoms with Gasteiger partial charge in [0.2, 0.25) is 0 Å². The molecule has 1 fully saturated rings. The van der Waals surface area contributed by atoms with E-state index in [0.717, 1.165) is 39.1 Å². The van der Waals surface area contributed by atoms with Gasteiger partial charge in [0.1, 0.15) is 5.82 Å². The number of hydrogen-bond acceptors (Lipinski definition) is 4. The molecular weight excluding hydrogens is 343 g/mol. The van der Waals surface area contributed by atoms with Crippen molar-refractivity contribution in [2.45, 2.75) is 33.6 Å². The fraction of sp³-hybridized carbons (Fsp3) is 0.619. The van der Waals surface area contributed by atoms with Gasteiger partial charge in [0.15, 0.2) is 0 Å². The van der Waals surface area contributed by atoms with Crippen molar-refractivity contribution in [3.05, 3.63) is 29.6 Å². The molecule has 0 N–H and O–H groups in total. The zero-order valence-electron chi connectivity index (χ0n) is 16.7. The third kappa shape index (κ3) is 5.93. The van der Waals surface area contributed by atoms with E-state index in [1.165, 1.54) is 6.07 Å². The summed E-state index contributed by atoms with van der Waals surface area (Å²) in [5, 5.41) is 8.85. The van der Waals surface area contributed by atoms with Gasteiger partial charge in [-0.1, -0.05) is 20.8 Å². The van der Waals surface area contributed by atoms with Gasteiger partial charge in [-0.15, -0.1) is 0 Å². The molecule has 0 aliphatic carbocycles. The number of rotatable bonds is 8. The van der Waals surface area contributed by atoms with Crippen molar-refractivity contribution in [1.29, 1.82) is 5.26 Å². The lowest BCUT2D eigenvalue weighted by Gasteiger charge is -2.35. The van der Waals surface area contributed by atoms with E-state index in [-0.39, 0.29) is 18.1 Å². The Morgan fingerprint density at radius 2 is 1.96 bits per heavy atom. The minimum Gasteiger partial charge on any atom is -0.367 e. The van der Waals surface area contributed by atoms with Crippen LogP contribution < -0.4 is 4.90 Å². The van der Waals surface area contributed by atoms with Crippen LogP contribution in [0.4, 0.5) is 10.1 Å². The van der Waals surface area contributed by atoms with Gasteiger partial charge in [-0.3, -0.25) is 4.79 Å². The van der Waals surface area contributed by atoms with Crippen LogP contribution in [-0.4, -0.2) is 61.5 Å². The van der Waals surface area contributed by atoms with E-state index in [9.17, 15) is 9.18 Å². The average Bonchev–Trinajstić information content (AvgIpc) is 2.67. The average molecular weight is 375 g/mol. The first-order valence-electron chi connectivity index (χ1n) is 9.89. The summed E-state index contributed by atoms with van der Waals surface area (Å²) < 4.78 is 14.7. The quantitative estimate of drug-likeness (QED) is 0.700. The third-order valence-electron chi connectivity index (χ3n) is 5.11. The molecule has 0 aromatic heterocycles. The summed E-state index contributed by atoms with van der Waals surface area (Å²) in [4.78, 5) is 18.9. The standard InChI is InChI=1S/C21H31FN4O/c1-4-24-12-14-25(15-13-24)20-7-6-18(16-19(20)22)21(27)26(10-5-9-23)11-8-17(2)3/h6-7,16-17H,4-5,8,10-15H2,1-3H3. The number of likely N-dealkylation sites (N-methyl/N-ethyl adjacent to an activating group) is 1. The number of benzene rings is 1. The van der Waals surface area contributed by atoms with Crippen LogP contribution >= 0.6 is 0 Å².